The summed E-state index contributed by atoms with van der Waals surface area (Å²) in [4.78, 5) is 25.4. The Morgan fingerprint density at radius 3 is 2.68 bits per heavy atom. The molecule has 0 radical (unpaired) electrons. The zero-order chi connectivity index (χ0) is 19.5. The summed E-state index contributed by atoms with van der Waals surface area (Å²) in [5.74, 6) is 0.311. The molecule has 0 aliphatic heterocycles. The first-order valence-corrected chi connectivity index (χ1v) is 8.90. The molecule has 28 heavy (non-hydrogen) atoms. The summed E-state index contributed by atoms with van der Waals surface area (Å²) >= 11 is 0. The first-order valence-electron chi connectivity index (χ1n) is 8.90. The number of rotatable bonds is 4. The minimum Gasteiger partial charge on any atom is -0.355 e. The number of carbonyl (C=O) groups excluding carboxylic acids is 1. The van der Waals surface area contributed by atoms with E-state index in [1.165, 1.54) is 0 Å². The fraction of sp³-hybridized carbons (Fsp3) is 0.0909. The second-order valence-electron chi connectivity index (χ2n) is 6.50. The van der Waals surface area contributed by atoms with Crippen LogP contribution in [0.25, 0.3) is 22.0 Å². The van der Waals surface area contributed by atoms with Gasteiger partial charge < -0.3 is 10.6 Å². The van der Waals surface area contributed by atoms with Gasteiger partial charge in [-0.25, -0.2) is 9.97 Å². The maximum absolute atomic E-state index is 12.2. The molecule has 0 spiro atoms. The fourth-order valence-corrected chi connectivity index (χ4v) is 3.02. The van der Waals surface area contributed by atoms with Gasteiger partial charge in [-0.3, -0.25) is 9.78 Å². The molecule has 4 aromatic rings. The van der Waals surface area contributed by atoms with Crippen LogP contribution in [0.4, 0.5) is 11.6 Å². The lowest BCUT2D eigenvalue weighted by Crippen LogP contribution is -2.18. The van der Waals surface area contributed by atoms with E-state index in [1.54, 1.807) is 31.7 Å². The molecule has 2 aromatic carbocycles. The Morgan fingerprint density at radius 2 is 1.89 bits per heavy atom. The molecule has 0 saturated carbocycles. The van der Waals surface area contributed by atoms with Gasteiger partial charge in [-0.2, -0.15) is 0 Å². The van der Waals surface area contributed by atoms with E-state index in [9.17, 15) is 4.79 Å². The zero-order valence-electron chi connectivity index (χ0n) is 15.6. The lowest BCUT2D eigenvalue weighted by Gasteiger charge is -2.11. The lowest BCUT2D eigenvalue weighted by molar-refractivity contribution is 0.0963. The Morgan fingerprint density at radius 1 is 1.00 bits per heavy atom. The van der Waals surface area contributed by atoms with E-state index >= 15 is 0 Å². The van der Waals surface area contributed by atoms with E-state index in [1.807, 2.05) is 49.4 Å². The first kappa shape index (κ1) is 17.6. The van der Waals surface area contributed by atoms with E-state index < -0.39 is 0 Å². The number of nitrogens with one attached hydrogen (secondary N) is 2. The number of fused-ring (bicyclic) bond motifs is 1. The van der Waals surface area contributed by atoms with Crippen molar-refractivity contribution in [1.29, 1.82) is 0 Å². The monoisotopic (exact) mass is 369 g/mol. The van der Waals surface area contributed by atoms with E-state index in [-0.39, 0.29) is 5.91 Å². The summed E-state index contributed by atoms with van der Waals surface area (Å²) in [6, 6.07) is 15.4. The Labute approximate surface area is 162 Å². The molecular formula is C22H19N5O. The maximum Gasteiger partial charge on any atom is 0.251 e. The minimum atomic E-state index is -0.163. The van der Waals surface area contributed by atoms with Crippen LogP contribution in [0, 0.1) is 6.92 Å². The Bertz CT molecular complexity index is 1160. The van der Waals surface area contributed by atoms with Crippen LogP contribution in [0.1, 0.15) is 15.9 Å². The highest BCUT2D eigenvalue weighted by molar-refractivity contribution is 5.96. The summed E-state index contributed by atoms with van der Waals surface area (Å²) in [6.07, 6.45) is 5.28. The number of hydrogen-bond acceptors (Lipinski definition) is 5. The number of aromatic nitrogens is 3. The lowest BCUT2D eigenvalue weighted by atomic mass is 10.0. The Balaban J connectivity index is 1.74. The third-order valence-electron chi connectivity index (χ3n) is 4.41. The topological polar surface area (TPSA) is 79.8 Å². The van der Waals surface area contributed by atoms with Crippen LogP contribution in [0.15, 0.2) is 67.1 Å². The van der Waals surface area contributed by atoms with Gasteiger partial charge in [-0.1, -0.05) is 17.7 Å². The van der Waals surface area contributed by atoms with E-state index in [2.05, 4.69) is 25.6 Å². The highest BCUT2D eigenvalue weighted by atomic mass is 16.1. The second kappa shape index (κ2) is 7.44. The molecule has 6 nitrogen and oxygen atoms in total. The number of anilines is 2. The van der Waals surface area contributed by atoms with Crippen molar-refractivity contribution in [3.05, 3.63) is 78.2 Å². The molecule has 2 aromatic heterocycles. The quantitative estimate of drug-likeness (QED) is 0.566. The molecule has 0 fully saturated rings. The van der Waals surface area contributed by atoms with E-state index in [0.717, 1.165) is 33.3 Å². The summed E-state index contributed by atoms with van der Waals surface area (Å²) in [6.45, 7) is 2.04. The smallest absolute Gasteiger partial charge is 0.251 e. The third-order valence-corrected chi connectivity index (χ3v) is 4.41. The van der Waals surface area contributed by atoms with Crippen LogP contribution in [-0.2, 0) is 0 Å². The van der Waals surface area contributed by atoms with E-state index in [4.69, 9.17) is 0 Å². The van der Waals surface area contributed by atoms with Gasteiger partial charge in [-0.05, 0) is 48.9 Å². The largest absolute Gasteiger partial charge is 0.355 e. The second-order valence-corrected chi connectivity index (χ2v) is 6.50. The highest BCUT2D eigenvalue weighted by Crippen LogP contribution is 2.26. The number of amides is 1. The Kier molecular flexibility index (Phi) is 4.68. The fourth-order valence-electron chi connectivity index (χ4n) is 3.02. The number of carbonyl (C=O) groups is 1. The third kappa shape index (κ3) is 3.66. The number of benzene rings is 2. The van der Waals surface area contributed by atoms with Crippen LogP contribution in [-0.4, -0.2) is 27.9 Å². The van der Waals surface area contributed by atoms with Crippen molar-refractivity contribution in [2.75, 3.05) is 12.4 Å². The Hall–Kier alpha value is -3.80. The van der Waals surface area contributed by atoms with Crippen LogP contribution in [0.2, 0.25) is 0 Å². The van der Waals surface area contributed by atoms with Crippen molar-refractivity contribution in [3.63, 3.8) is 0 Å². The highest BCUT2D eigenvalue weighted by Gasteiger charge is 2.10. The van der Waals surface area contributed by atoms with Crippen molar-refractivity contribution < 1.29 is 4.79 Å². The molecule has 2 N–H and O–H groups in total. The number of hydrogen-bond donors (Lipinski definition) is 2. The average Bonchev–Trinajstić information content (AvgIpc) is 2.73. The van der Waals surface area contributed by atoms with Gasteiger partial charge in [0, 0.05) is 47.8 Å². The molecule has 0 bridgehead atoms. The van der Waals surface area contributed by atoms with Gasteiger partial charge in [0.2, 0.25) is 5.95 Å². The van der Waals surface area contributed by atoms with Gasteiger partial charge in [0.15, 0.2) is 0 Å². The van der Waals surface area contributed by atoms with Crippen LogP contribution in [0.5, 0.6) is 0 Å². The van der Waals surface area contributed by atoms with Crippen molar-refractivity contribution >= 4 is 28.4 Å². The predicted molar refractivity (Wildman–Crippen MR) is 111 cm³/mol. The summed E-state index contributed by atoms with van der Waals surface area (Å²) in [5.41, 5.74) is 5.10. The van der Waals surface area contributed by atoms with Gasteiger partial charge in [0.1, 0.15) is 0 Å². The summed E-state index contributed by atoms with van der Waals surface area (Å²) < 4.78 is 0. The summed E-state index contributed by atoms with van der Waals surface area (Å²) in [7, 11) is 1.61. The molecule has 0 saturated heterocycles. The van der Waals surface area contributed by atoms with Crippen LogP contribution < -0.4 is 10.6 Å². The molecular weight excluding hydrogens is 350 g/mol. The van der Waals surface area contributed by atoms with Crippen molar-refractivity contribution in [2.45, 2.75) is 6.92 Å². The SMILES string of the molecule is CNC(=O)c1cc(Nc2ncc3cc(C)ccc3n2)cc(-c2cccnc2)c1. The van der Waals surface area contributed by atoms with Crippen molar-refractivity contribution in [3.8, 4) is 11.1 Å². The molecule has 6 heteroatoms. The molecule has 2 heterocycles. The number of nitrogens with zero attached hydrogens (tertiary/aromatic N) is 3. The van der Waals surface area contributed by atoms with Gasteiger partial charge in [0.05, 0.1) is 5.52 Å². The molecule has 1 amide bonds. The molecule has 138 valence electrons. The number of aryl methyl sites for hydroxylation is 1. The van der Waals surface area contributed by atoms with Crippen molar-refractivity contribution in [2.24, 2.45) is 0 Å². The molecule has 4 rings (SSSR count). The predicted octanol–water partition coefficient (Wildman–Crippen LogP) is 4.10. The first-order chi connectivity index (χ1) is 13.6. The van der Waals surface area contributed by atoms with Crippen molar-refractivity contribution in [1.82, 2.24) is 20.3 Å². The normalized spacial score (nSPS) is 10.6. The zero-order valence-corrected chi connectivity index (χ0v) is 15.6. The van der Waals surface area contributed by atoms with Crippen LogP contribution in [0.3, 0.4) is 0 Å². The van der Waals surface area contributed by atoms with Gasteiger partial charge in [-0.15, -0.1) is 0 Å². The standard InChI is InChI=1S/C22H19N5O/c1-14-5-6-20-18(8-14)13-25-22(27-20)26-19-10-16(15-4-3-7-24-12-15)9-17(11-19)21(28)23-2/h3-13H,1-2H3,(H,23,28)(H,25,26,27). The van der Waals surface area contributed by atoms with Gasteiger partial charge >= 0.3 is 0 Å². The van der Waals surface area contributed by atoms with Crippen LogP contribution >= 0.6 is 0 Å². The minimum absolute atomic E-state index is 0.163. The molecule has 0 aliphatic rings. The maximum atomic E-state index is 12.2. The molecule has 0 aliphatic carbocycles. The summed E-state index contributed by atoms with van der Waals surface area (Å²) in [5, 5.41) is 6.87. The van der Waals surface area contributed by atoms with E-state index in [0.29, 0.717) is 11.5 Å². The molecule has 0 unspecified atom stereocenters. The number of pyridine rings is 1. The molecule has 0 atom stereocenters. The van der Waals surface area contributed by atoms with Gasteiger partial charge in [0.25, 0.3) is 5.91 Å². The average molecular weight is 369 g/mol.